The molecular formula is C70H131N2O7P. The summed E-state index contributed by atoms with van der Waals surface area (Å²) >= 11 is 0. The number of ether oxygens (including phenoxy) is 1. The van der Waals surface area contributed by atoms with Gasteiger partial charge in [0.2, 0.25) is 5.91 Å². The molecule has 468 valence electrons. The molecule has 3 atom stereocenters. The number of carbonyl (C=O) groups excluding carboxylic acids is 2. The molecule has 0 rings (SSSR count). The number of phosphoric acid groups is 1. The predicted molar refractivity (Wildman–Crippen MR) is 344 cm³/mol. The fourth-order valence-corrected chi connectivity index (χ4v) is 10.6. The van der Waals surface area contributed by atoms with E-state index in [1.54, 1.807) is 0 Å². The lowest BCUT2D eigenvalue weighted by molar-refractivity contribution is -0.870. The lowest BCUT2D eigenvalue weighted by atomic mass is 10.0. The van der Waals surface area contributed by atoms with Crippen LogP contribution in [0.4, 0.5) is 0 Å². The predicted octanol–water partition coefficient (Wildman–Crippen LogP) is 20.8. The molecule has 0 aliphatic heterocycles. The van der Waals surface area contributed by atoms with Gasteiger partial charge in [0.15, 0.2) is 0 Å². The van der Waals surface area contributed by atoms with Crippen molar-refractivity contribution in [1.82, 2.24) is 5.32 Å². The molecule has 0 spiro atoms. The molecule has 3 unspecified atom stereocenters. The van der Waals surface area contributed by atoms with Crippen molar-refractivity contribution >= 4 is 19.7 Å². The third-order valence-corrected chi connectivity index (χ3v) is 16.2. The number of phosphoric ester groups is 1. The molecule has 10 heteroatoms. The van der Waals surface area contributed by atoms with Crippen molar-refractivity contribution in [1.29, 1.82) is 0 Å². The van der Waals surface area contributed by atoms with Gasteiger partial charge in [0.05, 0.1) is 33.8 Å². The Morgan fingerprint density at radius 1 is 0.438 bits per heavy atom. The first kappa shape index (κ1) is 77.7. The topological polar surface area (TPSA) is 114 Å². The highest BCUT2D eigenvalue weighted by Gasteiger charge is 2.27. The highest BCUT2D eigenvalue weighted by Crippen LogP contribution is 2.38. The first-order chi connectivity index (χ1) is 38.9. The molecule has 0 aromatic heterocycles. The Balaban J connectivity index is 5.05. The maximum atomic E-state index is 13.5. The summed E-state index contributed by atoms with van der Waals surface area (Å²) in [5.41, 5.74) is 0. The van der Waals surface area contributed by atoms with Gasteiger partial charge in [-0.2, -0.15) is 0 Å². The molecule has 0 fully saturated rings. The van der Waals surface area contributed by atoms with Gasteiger partial charge in [-0.1, -0.05) is 294 Å². The minimum atomic E-state index is -4.70. The van der Waals surface area contributed by atoms with E-state index in [0.717, 1.165) is 77.0 Å². The zero-order valence-electron chi connectivity index (χ0n) is 53.5. The summed E-state index contributed by atoms with van der Waals surface area (Å²) in [5.74, 6) is -0.532. The second kappa shape index (κ2) is 59.9. The number of unbranched alkanes of at least 4 members (excludes halogenated alkanes) is 38. The maximum absolute atomic E-state index is 13.5. The number of rotatable bonds is 62. The number of hydrogen-bond acceptors (Lipinski definition) is 7. The molecule has 0 heterocycles. The lowest BCUT2D eigenvalue weighted by Gasteiger charge is -2.30. The molecule has 0 bridgehead atoms. The molecule has 9 nitrogen and oxygen atoms in total. The van der Waals surface area contributed by atoms with Crippen LogP contribution in [-0.2, 0) is 27.9 Å². The van der Waals surface area contributed by atoms with E-state index in [4.69, 9.17) is 13.8 Å². The summed E-state index contributed by atoms with van der Waals surface area (Å²) in [6.45, 7) is 6.85. The number of hydrogen-bond donors (Lipinski definition) is 1. The summed E-state index contributed by atoms with van der Waals surface area (Å²) in [5, 5.41) is 3.04. The van der Waals surface area contributed by atoms with Gasteiger partial charge in [-0.15, -0.1) is 0 Å². The number of esters is 1. The number of nitrogens with one attached hydrogen (secondary N) is 1. The minimum absolute atomic E-state index is 0.0219. The van der Waals surface area contributed by atoms with Gasteiger partial charge in [0.1, 0.15) is 19.3 Å². The molecule has 0 radical (unpaired) electrons. The second-order valence-corrected chi connectivity index (χ2v) is 25.7. The van der Waals surface area contributed by atoms with E-state index < -0.39 is 20.0 Å². The number of carbonyl (C=O) groups is 2. The van der Waals surface area contributed by atoms with Gasteiger partial charge in [0.25, 0.3) is 7.82 Å². The third-order valence-electron chi connectivity index (χ3n) is 15.2. The van der Waals surface area contributed by atoms with Crippen molar-refractivity contribution in [3.8, 4) is 0 Å². The van der Waals surface area contributed by atoms with E-state index >= 15 is 0 Å². The first-order valence-corrected chi connectivity index (χ1v) is 35.6. The average molecular weight is 1140 g/mol. The van der Waals surface area contributed by atoms with Crippen LogP contribution in [0.3, 0.4) is 0 Å². The van der Waals surface area contributed by atoms with Gasteiger partial charge in [-0.3, -0.25) is 14.2 Å². The van der Waals surface area contributed by atoms with Crippen LogP contribution in [0.5, 0.6) is 0 Å². The number of allylic oxidation sites excluding steroid dienone is 9. The van der Waals surface area contributed by atoms with E-state index in [1.807, 2.05) is 33.3 Å². The third kappa shape index (κ3) is 60.3. The van der Waals surface area contributed by atoms with Gasteiger partial charge in [0, 0.05) is 12.8 Å². The molecule has 0 aliphatic carbocycles. The summed E-state index contributed by atoms with van der Waals surface area (Å²) in [4.78, 5) is 40.1. The number of likely N-dealkylation sites (N-methyl/N-ethyl adjacent to an activating group) is 1. The highest BCUT2D eigenvalue weighted by atomic mass is 31.2. The maximum Gasteiger partial charge on any atom is 0.306 e. The molecule has 0 aromatic carbocycles. The van der Waals surface area contributed by atoms with E-state index in [-0.39, 0.29) is 31.5 Å². The molecule has 0 saturated carbocycles. The first-order valence-electron chi connectivity index (χ1n) is 34.1. The Bertz CT molecular complexity index is 1550. The molecule has 1 N–H and O–H groups in total. The summed E-state index contributed by atoms with van der Waals surface area (Å²) < 4.78 is 30.4. The monoisotopic (exact) mass is 1140 g/mol. The zero-order valence-corrected chi connectivity index (χ0v) is 54.4. The Morgan fingerprint density at radius 3 is 1.16 bits per heavy atom. The van der Waals surface area contributed by atoms with Crippen molar-refractivity contribution in [3.63, 3.8) is 0 Å². The Hall–Kier alpha value is -2.29. The Labute approximate surface area is 496 Å². The summed E-state index contributed by atoms with van der Waals surface area (Å²) in [6, 6.07) is -0.888. The van der Waals surface area contributed by atoms with Crippen LogP contribution in [0.15, 0.2) is 60.8 Å². The van der Waals surface area contributed by atoms with Crippen molar-refractivity contribution in [2.45, 2.75) is 335 Å². The van der Waals surface area contributed by atoms with Crippen LogP contribution in [0.25, 0.3) is 0 Å². The van der Waals surface area contributed by atoms with Crippen molar-refractivity contribution in [2.24, 2.45) is 0 Å². The quantitative estimate of drug-likeness (QED) is 0.0212. The smallest absolute Gasteiger partial charge is 0.306 e. The van der Waals surface area contributed by atoms with Crippen LogP contribution in [0.1, 0.15) is 323 Å². The molecule has 1 amide bonds. The molecule has 0 aromatic rings. The number of quaternary nitrogens is 1. The van der Waals surface area contributed by atoms with Crippen LogP contribution in [0, 0.1) is 0 Å². The fourth-order valence-electron chi connectivity index (χ4n) is 9.92. The normalized spacial score (nSPS) is 13.9. The van der Waals surface area contributed by atoms with Gasteiger partial charge in [-0.25, -0.2) is 0 Å². The van der Waals surface area contributed by atoms with E-state index in [1.165, 1.54) is 212 Å². The van der Waals surface area contributed by atoms with E-state index in [2.05, 4.69) is 74.7 Å². The van der Waals surface area contributed by atoms with Crippen LogP contribution >= 0.6 is 7.82 Å². The SMILES string of the molecule is CCCCC/C=C\C/C=C\C/C=C\C/C=C\CCCCCCCCCCCCCC(=O)OC(/C=C\CCCCCCCCCCCC)C(COP(=O)([O-])OCC[N+](C)(C)C)NC(=O)CCCCCCCCCCCCCCCCC. The standard InChI is InChI=1S/C70H131N2O7P/c1-7-10-13-16-19-22-25-28-30-31-32-33-34-35-36-37-38-39-40-41-43-45-48-51-54-57-60-63-70(74)79-68(61-58-55-52-49-46-27-24-21-18-15-12-9-3)67(66-78-80(75,76)77-65-64-72(4,5)6)71-69(73)62-59-56-53-50-47-44-42-29-26-23-20-17-14-11-8-2/h19,22,28,30,32-33,35-36,58,61,67-68H,7-18,20-21,23-27,29,31,34,37-57,59-60,62-66H2,1-6H3,(H-,71,73,75,76)/b22-19-,30-28-,33-32-,36-35-,61-58-. The number of nitrogens with zero attached hydrogens (tertiary/aromatic N) is 1. The van der Waals surface area contributed by atoms with Crippen molar-refractivity contribution < 1.29 is 37.3 Å². The van der Waals surface area contributed by atoms with E-state index in [9.17, 15) is 19.0 Å². The average Bonchev–Trinajstić information content (AvgIpc) is 3.43. The largest absolute Gasteiger partial charge is 0.756 e. The molecule has 80 heavy (non-hydrogen) atoms. The second-order valence-electron chi connectivity index (χ2n) is 24.3. The summed E-state index contributed by atoms with van der Waals surface area (Å²) in [7, 11) is 1.19. The van der Waals surface area contributed by atoms with Gasteiger partial charge >= 0.3 is 5.97 Å². The fraction of sp³-hybridized carbons (Fsp3) is 0.829. The van der Waals surface area contributed by atoms with Crippen molar-refractivity contribution in [3.05, 3.63) is 60.8 Å². The Kier molecular flexibility index (Phi) is 58.1. The molecule has 0 saturated heterocycles. The highest BCUT2D eigenvalue weighted by molar-refractivity contribution is 7.45. The molecule has 0 aliphatic rings. The van der Waals surface area contributed by atoms with Gasteiger partial charge < -0.3 is 28.5 Å². The van der Waals surface area contributed by atoms with Crippen LogP contribution in [-0.4, -0.2) is 69.4 Å². The van der Waals surface area contributed by atoms with Crippen molar-refractivity contribution in [2.75, 3.05) is 40.9 Å². The van der Waals surface area contributed by atoms with Crippen LogP contribution in [0.2, 0.25) is 0 Å². The Morgan fingerprint density at radius 2 is 0.762 bits per heavy atom. The minimum Gasteiger partial charge on any atom is -0.756 e. The summed E-state index contributed by atoms with van der Waals surface area (Å²) in [6.07, 6.45) is 76.2. The lowest BCUT2D eigenvalue weighted by Crippen LogP contribution is -2.47. The van der Waals surface area contributed by atoms with Gasteiger partial charge in [-0.05, 0) is 76.7 Å². The molecular weight excluding hydrogens is 1010 g/mol. The van der Waals surface area contributed by atoms with Crippen LogP contribution < -0.4 is 10.2 Å². The van der Waals surface area contributed by atoms with E-state index in [0.29, 0.717) is 17.4 Å². The number of amides is 1. The zero-order chi connectivity index (χ0) is 58.6.